The van der Waals surface area contributed by atoms with E-state index >= 15 is 0 Å². The highest BCUT2D eigenvalue weighted by atomic mass is 16.2. The topological polar surface area (TPSA) is 81.8 Å². The number of carbonyl (C=O) groups excluding carboxylic acids is 3. The zero-order valence-electron chi connectivity index (χ0n) is 14.4. The molecule has 0 unspecified atom stereocenters. The molecule has 0 saturated carbocycles. The monoisotopic (exact) mass is 344 g/mol. The summed E-state index contributed by atoms with van der Waals surface area (Å²) < 4.78 is 0. The first-order valence-electron chi connectivity index (χ1n) is 8.35. The van der Waals surface area contributed by atoms with Gasteiger partial charge in [0.15, 0.2) is 0 Å². The number of likely N-dealkylation sites (N-methyl/N-ethyl adjacent to an activating group) is 1. The molecule has 0 radical (unpaired) electrons. The van der Waals surface area contributed by atoms with Crippen LogP contribution in [0.25, 0.3) is 0 Å². The Bertz CT molecular complexity index is 632. The van der Waals surface area contributed by atoms with Crippen molar-refractivity contribution in [2.45, 2.75) is 19.4 Å². The fourth-order valence-electron chi connectivity index (χ4n) is 2.87. The van der Waals surface area contributed by atoms with Gasteiger partial charge in [-0.2, -0.15) is 0 Å². The number of urea groups is 1. The zero-order chi connectivity index (χ0) is 18.2. The van der Waals surface area contributed by atoms with E-state index in [1.54, 1.807) is 9.80 Å². The van der Waals surface area contributed by atoms with Gasteiger partial charge in [-0.25, -0.2) is 4.79 Å². The van der Waals surface area contributed by atoms with Crippen LogP contribution < -0.4 is 15.5 Å². The largest absolute Gasteiger partial charge is 0.334 e. The van der Waals surface area contributed by atoms with E-state index in [2.05, 4.69) is 17.2 Å². The SMILES string of the molecule is C=CCNC(=O)NC(=O)CN(CC)[C@H]1CCN(c2ccccc2)C1=O. The molecule has 2 N–H and O–H groups in total. The number of hydrogen-bond acceptors (Lipinski definition) is 4. The zero-order valence-corrected chi connectivity index (χ0v) is 14.4. The second-order valence-electron chi connectivity index (χ2n) is 5.74. The van der Waals surface area contributed by atoms with Crippen LogP contribution in [0.15, 0.2) is 43.0 Å². The minimum atomic E-state index is -0.565. The molecule has 7 nitrogen and oxygen atoms in total. The lowest BCUT2D eigenvalue weighted by molar-refractivity contribution is -0.125. The number of amides is 4. The van der Waals surface area contributed by atoms with E-state index in [0.717, 1.165) is 5.69 Å². The first-order chi connectivity index (χ1) is 12.1. The quantitative estimate of drug-likeness (QED) is 0.727. The van der Waals surface area contributed by atoms with Crippen molar-refractivity contribution in [1.82, 2.24) is 15.5 Å². The van der Waals surface area contributed by atoms with Crippen LogP contribution in [-0.4, -0.2) is 55.0 Å². The van der Waals surface area contributed by atoms with Gasteiger partial charge in [-0.15, -0.1) is 6.58 Å². The van der Waals surface area contributed by atoms with Crippen molar-refractivity contribution in [2.24, 2.45) is 0 Å². The predicted molar refractivity (Wildman–Crippen MR) is 96.2 cm³/mol. The van der Waals surface area contributed by atoms with Gasteiger partial charge in [-0.3, -0.25) is 19.8 Å². The van der Waals surface area contributed by atoms with Crippen molar-refractivity contribution in [1.29, 1.82) is 0 Å². The fraction of sp³-hybridized carbons (Fsp3) is 0.389. The van der Waals surface area contributed by atoms with E-state index in [-0.39, 0.29) is 25.0 Å². The van der Waals surface area contributed by atoms with Gasteiger partial charge in [-0.05, 0) is 25.1 Å². The van der Waals surface area contributed by atoms with Gasteiger partial charge < -0.3 is 10.2 Å². The fourth-order valence-corrected chi connectivity index (χ4v) is 2.87. The summed E-state index contributed by atoms with van der Waals surface area (Å²) in [6.07, 6.45) is 2.18. The summed E-state index contributed by atoms with van der Waals surface area (Å²) in [6, 6.07) is 8.56. The molecule has 4 amide bonds. The van der Waals surface area contributed by atoms with Crippen molar-refractivity contribution in [2.75, 3.05) is 31.1 Å². The Labute approximate surface area is 147 Å². The lowest BCUT2D eigenvalue weighted by atomic mass is 10.2. The molecule has 1 fully saturated rings. The first kappa shape index (κ1) is 18.7. The molecule has 1 aromatic carbocycles. The molecule has 1 aromatic rings. The van der Waals surface area contributed by atoms with E-state index < -0.39 is 11.9 Å². The standard InChI is InChI=1S/C18H24N4O3/c1-3-11-19-18(25)20-16(23)13-21(4-2)15-10-12-22(17(15)24)14-8-6-5-7-9-14/h3,5-9,15H,1,4,10-13H2,2H3,(H2,19,20,23,25)/t15-/m0/s1. The van der Waals surface area contributed by atoms with Gasteiger partial charge in [0.05, 0.1) is 12.6 Å². The molecule has 2 rings (SSSR count). The number of anilines is 1. The van der Waals surface area contributed by atoms with Crippen LogP contribution >= 0.6 is 0 Å². The Hall–Kier alpha value is -2.67. The van der Waals surface area contributed by atoms with Crippen LogP contribution in [-0.2, 0) is 9.59 Å². The van der Waals surface area contributed by atoms with Crippen LogP contribution in [0.2, 0.25) is 0 Å². The molecule has 0 aliphatic carbocycles. The molecule has 0 bridgehead atoms. The number of nitrogens with one attached hydrogen (secondary N) is 2. The van der Waals surface area contributed by atoms with Crippen molar-refractivity contribution < 1.29 is 14.4 Å². The Balaban J connectivity index is 1.94. The molecular weight excluding hydrogens is 320 g/mol. The summed E-state index contributed by atoms with van der Waals surface area (Å²) in [7, 11) is 0. The van der Waals surface area contributed by atoms with Crippen LogP contribution in [0.4, 0.5) is 10.5 Å². The number of benzene rings is 1. The molecular formula is C18H24N4O3. The molecule has 1 saturated heterocycles. The summed E-state index contributed by atoms with van der Waals surface area (Å²) in [6.45, 7) is 6.82. The van der Waals surface area contributed by atoms with E-state index in [0.29, 0.717) is 19.5 Å². The minimum absolute atomic E-state index is 0.00293. The Morgan fingerprint density at radius 1 is 1.36 bits per heavy atom. The Morgan fingerprint density at radius 2 is 2.08 bits per heavy atom. The Morgan fingerprint density at radius 3 is 2.72 bits per heavy atom. The maximum absolute atomic E-state index is 12.7. The highest BCUT2D eigenvalue weighted by Gasteiger charge is 2.36. The molecule has 1 heterocycles. The highest BCUT2D eigenvalue weighted by Crippen LogP contribution is 2.23. The smallest absolute Gasteiger partial charge is 0.321 e. The molecule has 0 aromatic heterocycles. The third-order valence-corrected chi connectivity index (χ3v) is 4.10. The van der Waals surface area contributed by atoms with Gasteiger partial charge in [0.2, 0.25) is 11.8 Å². The third kappa shape index (κ3) is 4.90. The second-order valence-corrected chi connectivity index (χ2v) is 5.74. The molecule has 7 heteroatoms. The maximum Gasteiger partial charge on any atom is 0.321 e. The van der Waals surface area contributed by atoms with Gasteiger partial charge in [0.1, 0.15) is 0 Å². The number of carbonyl (C=O) groups is 3. The molecule has 1 atom stereocenters. The summed E-state index contributed by atoms with van der Waals surface area (Å²) in [5.74, 6) is -0.452. The van der Waals surface area contributed by atoms with Gasteiger partial charge >= 0.3 is 6.03 Å². The van der Waals surface area contributed by atoms with Crippen LogP contribution in [0.3, 0.4) is 0 Å². The number of hydrogen-bond donors (Lipinski definition) is 2. The lowest BCUT2D eigenvalue weighted by Gasteiger charge is -2.26. The summed E-state index contributed by atoms with van der Waals surface area (Å²) >= 11 is 0. The molecule has 25 heavy (non-hydrogen) atoms. The average Bonchev–Trinajstić information content (AvgIpc) is 3.00. The van der Waals surface area contributed by atoms with Crippen LogP contribution in [0, 0.1) is 0 Å². The van der Waals surface area contributed by atoms with E-state index in [9.17, 15) is 14.4 Å². The lowest BCUT2D eigenvalue weighted by Crippen LogP contribution is -2.49. The Kier molecular flexibility index (Phi) is 6.71. The van der Waals surface area contributed by atoms with Gasteiger partial charge in [-0.1, -0.05) is 31.2 Å². The highest BCUT2D eigenvalue weighted by molar-refractivity contribution is 6.00. The van der Waals surface area contributed by atoms with E-state index in [1.807, 2.05) is 37.3 Å². The predicted octanol–water partition coefficient (Wildman–Crippen LogP) is 1.13. The normalized spacial score (nSPS) is 16.8. The van der Waals surface area contributed by atoms with E-state index in [4.69, 9.17) is 0 Å². The molecule has 0 spiro atoms. The third-order valence-electron chi connectivity index (χ3n) is 4.10. The van der Waals surface area contributed by atoms with Crippen molar-refractivity contribution >= 4 is 23.5 Å². The number of para-hydroxylation sites is 1. The summed E-state index contributed by atoms with van der Waals surface area (Å²) in [4.78, 5) is 39.8. The molecule has 1 aliphatic rings. The first-order valence-corrected chi connectivity index (χ1v) is 8.35. The summed E-state index contributed by atoms with van der Waals surface area (Å²) in [5.41, 5.74) is 0.860. The number of rotatable bonds is 7. The maximum atomic E-state index is 12.7. The number of imide groups is 1. The number of nitrogens with zero attached hydrogens (tertiary/aromatic N) is 2. The average molecular weight is 344 g/mol. The second kappa shape index (κ2) is 8.98. The van der Waals surface area contributed by atoms with Crippen LogP contribution in [0.1, 0.15) is 13.3 Å². The van der Waals surface area contributed by atoms with Crippen molar-refractivity contribution in [3.63, 3.8) is 0 Å². The minimum Gasteiger partial charge on any atom is -0.334 e. The summed E-state index contributed by atoms with van der Waals surface area (Å²) in [5, 5.41) is 4.74. The van der Waals surface area contributed by atoms with E-state index in [1.165, 1.54) is 6.08 Å². The molecule has 134 valence electrons. The van der Waals surface area contributed by atoms with Crippen molar-refractivity contribution in [3.05, 3.63) is 43.0 Å². The van der Waals surface area contributed by atoms with Crippen LogP contribution in [0.5, 0.6) is 0 Å². The molecule has 1 aliphatic heterocycles. The van der Waals surface area contributed by atoms with Gasteiger partial charge in [0, 0.05) is 18.8 Å². The van der Waals surface area contributed by atoms with Gasteiger partial charge in [0.25, 0.3) is 0 Å². The van der Waals surface area contributed by atoms with Crippen molar-refractivity contribution in [3.8, 4) is 0 Å².